The number of thioether (sulfide) groups is 1. The van der Waals surface area contributed by atoms with E-state index in [1.807, 2.05) is 47.3 Å². The van der Waals surface area contributed by atoms with Crippen LogP contribution in [0.25, 0.3) is 16.7 Å². The molecule has 4 aromatic rings. The van der Waals surface area contributed by atoms with E-state index in [-0.39, 0.29) is 0 Å². The minimum Gasteiger partial charge on any atom is -0.229 e. The second-order valence-electron chi connectivity index (χ2n) is 5.69. The highest BCUT2D eigenvalue weighted by molar-refractivity contribution is 7.98. The average molecular weight is 367 g/mol. The van der Waals surface area contributed by atoms with E-state index in [2.05, 4.69) is 34.1 Å². The first-order valence-corrected chi connectivity index (χ1v) is 9.21. The average Bonchev–Trinajstić information content (AvgIpc) is 3.06. The SMILES string of the molecule is Cc1ccc(-n2ncc3c(SCc4ccccc4Cl)ncnc32)cc1. The molecule has 25 heavy (non-hydrogen) atoms. The highest BCUT2D eigenvalue weighted by Gasteiger charge is 2.12. The van der Waals surface area contributed by atoms with Crippen molar-refractivity contribution in [2.45, 2.75) is 17.7 Å². The summed E-state index contributed by atoms with van der Waals surface area (Å²) in [5.74, 6) is 0.751. The third-order valence-corrected chi connectivity index (χ3v) is 5.35. The standard InChI is InChI=1S/C19H15ClN4S/c1-13-6-8-15(9-7-13)24-18-16(10-23-24)19(22-12-21-18)25-11-14-4-2-3-5-17(14)20/h2-10,12H,11H2,1H3. The van der Waals surface area contributed by atoms with Crippen molar-refractivity contribution in [3.63, 3.8) is 0 Å². The van der Waals surface area contributed by atoms with Crippen LogP contribution in [0.2, 0.25) is 5.02 Å². The topological polar surface area (TPSA) is 43.6 Å². The van der Waals surface area contributed by atoms with Crippen molar-refractivity contribution in [1.82, 2.24) is 19.7 Å². The smallest absolute Gasteiger partial charge is 0.167 e. The molecule has 0 spiro atoms. The van der Waals surface area contributed by atoms with Crippen LogP contribution in [0.4, 0.5) is 0 Å². The summed E-state index contributed by atoms with van der Waals surface area (Å²) in [4.78, 5) is 8.85. The van der Waals surface area contributed by atoms with Gasteiger partial charge in [-0.05, 0) is 30.7 Å². The summed E-state index contributed by atoms with van der Waals surface area (Å²) in [6, 6.07) is 16.1. The molecule has 124 valence electrons. The Labute approximate surface area is 154 Å². The first-order valence-electron chi connectivity index (χ1n) is 7.84. The molecule has 0 amide bonds. The van der Waals surface area contributed by atoms with Gasteiger partial charge in [0, 0.05) is 10.8 Å². The number of rotatable bonds is 4. The molecule has 0 bridgehead atoms. The monoisotopic (exact) mass is 366 g/mol. The maximum atomic E-state index is 6.24. The van der Waals surface area contributed by atoms with Gasteiger partial charge in [0.15, 0.2) is 5.65 Å². The fraction of sp³-hybridized carbons (Fsp3) is 0.105. The summed E-state index contributed by atoms with van der Waals surface area (Å²) >= 11 is 7.88. The molecule has 0 N–H and O–H groups in total. The predicted octanol–water partition coefficient (Wildman–Crippen LogP) is 5.07. The molecule has 2 aromatic heterocycles. The Hall–Kier alpha value is -2.37. The molecule has 0 fully saturated rings. The van der Waals surface area contributed by atoms with Crippen LogP contribution in [0.3, 0.4) is 0 Å². The van der Waals surface area contributed by atoms with E-state index in [0.717, 1.165) is 38.1 Å². The molecule has 0 radical (unpaired) electrons. The minimum absolute atomic E-state index is 0.751. The first kappa shape index (κ1) is 16.1. The summed E-state index contributed by atoms with van der Waals surface area (Å²) in [5, 5.41) is 7.13. The van der Waals surface area contributed by atoms with E-state index in [1.165, 1.54) is 5.56 Å². The van der Waals surface area contributed by atoms with E-state index in [4.69, 9.17) is 11.6 Å². The summed E-state index contributed by atoms with van der Waals surface area (Å²) in [7, 11) is 0. The number of benzene rings is 2. The maximum absolute atomic E-state index is 6.24. The molecular formula is C19H15ClN4S. The molecule has 0 saturated heterocycles. The number of halogens is 1. The van der Waals surface area contributed by atoms with E-state index >= 15 is 0 Å². The fourth-order valence-corrected chi connectivity index (χ4v) is 3.82. The molecule has 4 nitrogen and oxygen atoms in total. The van der Waals surface area contributed by atoms with Gasteiger partial charge in [0.25, 0.3) is 0 Å². The summed E-state index contributed by atoms with van der Waals surface area (Å²) in [6.45, 7) is 2.07. The Morgan fingerprint density at radius 2 is 1.84 bits per heavy atom. The lowest BCUT2D eigenvalue weighted by atomic mass is 10.2. The molecule has 2 heterocycles. The molecule has 0 atom stereocenters. The van der Waals surface area contributed by atoms with Gasteiger partial charge in [-0.1, -0.05) is 47.5 Å². The van der Waals surface area contributed by atoms with E-state index < -0.39 is 0 Å². The predicted molar refractivity (Wildman–Crippen MR) is 102 cm³/mol. The van der Waals surface area contributed by atoms with Crippen LogP contribution in [-0.4, -0.2) is 19.7 Å². The normalized spacial score (nSPS) is 11.1. The number of nitrogens with zero attached hydrogens (tertiary/aromatic N) is 4. The van der Waals surface area contributed by atoms with Crippen molar-refractivity contribution in [3.05, 3.63) is 77.2 Å². The van der Waals surface area contributed by atoms with Crippen molar-refractivity contribution in [2.24, 2.45) is 0 Å². The van der Waals surface area contributed by atoms with E-state index in [0.29, 0.717) is 0 Å². The van der Waals surface area contributed by atoms with E-state index in [9.17, 15) is 0 Å². The summed E-state index contributed by atoms with van der Waals surface area (Å²) in [5.41, 5.74) is 4.10. The van der Waals surface area contributed by atoms with Crippen LogP contribution < -0.4 is 0 Å². The Balaban J connectivity index is 1.67. The van der Waals surface area contributed by atoms with Gasteiger partial charge in [0.2, 0.25) is 0 Å². The third-order valence-electron chi connectivity index (χ3n) is 3.93. The van der Waals surface area contributed by atoms with Gasteiger partial charge >= 0.3 is 0 Å². The van der Waals surface area contributed by atoms with Gasteiger partial charge in [-0.15, -0.1) is 11.8 Å². The van der Waals surface area contributed by atoms with Crippen molar-refractivity contribution in [3.8, 4) is 5.69 Å². The lowest BCUT2D eigenvalue weighted by molar-refractivity contribution is 0.893. The highest BCUT2D eigenvalue weighted by atomic mass is 35.5. The number of fused-ring (bicyclic) bond motifs is 1. The minimum atomic E-state index is 0.751. The largest absolute Gasteiger partial charge is 0.229 e. The van der Waals surface area contributed by atoms with Crippen molar-refractivity contribution < 1.29 is 0 Å². The molecule has 4 rings (SSSR count). The van der Waals surface area contributed by atoms with Crippen LogP contribution >= 0.6 is 23.4 Å². The molecule has 0 unspecified atom stereocenters. The summed E-state index contributed by atoms with van der Waals surface area (Å²) in [6.07, 6.45) is 3.41. The van der Waals surface area contributed by atoms with Crippen LogP contribution in [0.15, 0.2) is 66.1 Å². The molecule has 0 aliphatic heterocycles. The number of hydrogen-bond acceptors (Lipinski definition) is 4. The van der Waals surface area contributed by atoms with Crippen molar-refractivity contribution in [1.29, 1.82) is 0 Å². The molecule has 2 aromatic carbocycles. The lowest BCUT2D eigenvalue weighted by Crippen LogP contribution is -1.98. The fourth-order valence-electron chi connectivity index (χ4n) is 2.57. The first-order chi connectivity index (χ1) is 12.2. The Bertz CT molecular complexity index is 1030. The molecular weight excluding hydrogens is 352 g/mol. The van der Waals surface area contributed by atoms with Crippen LogP contribution in [-0.2, 0) is 5.75 Å². The number of hydrogen-bond donors (Lipinski definition) is 0. The van der Waals surface area contributed by atoms with Gasteiger partial charge in [-0.2, -0.15) is 5.10 Å². The van der Waals surface area contributed by atoms with Crippen molar-refractivity contribution >= 4 is 34.4 Å². The van der Waals surface area contributed by atoms with Gasteiger partial charge < -0.3 is 0 Å². The molecule has 0 aliphatic rings. The van der Waals surface area contributed by atoms with Gasteiger partial charge in [-0.25, -0.2) is 14.6 Å². The van der Waals surface area contributed by atoms with Crippen molar-refractivity contribution in [2.75, 3.05) is 0 Å². The molecule has 0 saturated carbocycles. The Kier molecular flexibility index (Phi) is 4.42. The van der Waals surface area contributed by atoms with Crippen LogP contribution in [0, 0.1) is 6.92 Å². The second kappa shape index (κ2) is 6.86. The van der Waals surface area contributed by atoms with Crippen LogP contribution in [0.5, 0.6) is 0 Å². The molecule has 0 aliphatic carbocycles. The zero-order valence-electron chi connectivity index (χ0n) is 13.6. The van der Waals surface area contributed by atoms with Crippen LogP contribution in [0.1, 0.15) is 11.1 Å². The zero-order valence-corrected chi connectivity index (χ0v) is 15.1. The quantitative estimate of drug-likeness (QED) is 0.373. The number of aromatic nitrogens is 4. The van der Waals surface area contributed by atoms with Gasteiger partial charge in [-0.3, -0.25) is 0 Å². The third kappa shape index (κ3) is 3.25. The molecule has 6 heteroatoms. The van der Waals surface area contributed by atoms with E-state index in [1.54, 1.807) is 18.1 Å². The Morgan fingerprint density at radius 3 is 2.64 bits per heavy atom. The van der Waals surface area contributed by atoms with Gasteiger partial charge in [0.1, 0.15) is 11.4 Å². The second-order valence-corrected chi connectivity index (χ2v) is 7.06. The Morgan fingerprint density at radius 1 is 1.04 bits per heavy atom. The highest BCUT2D eigenvalue weighted by Crippen LogP contribution is 2.30. The van der Waals surface area contributed by atoms with Gasteiger partial charge in [0.05, 0.1) is 17.3 Å². The zero-order chi connectivity index (χ0) is 17.2. The maximum Gasteiger partial charge on any atom is 0.167 e. The number of aryl methyl sites for hydroxylation is 1. The lowest BCUT2D eigenvalue weighted by Gasteiger charge is -2.05. The summed E-state index contributed by atoms with van der Waals surface area (Å²) < 4.78 is 1.84.